The quantitative estimate of drug-likeness (QED) is 0.806. The first-order valence-corrected chi connectivity index (χ1v) is 6.72. The van der Waals surface area contributed by atoms with Crippen LogP contribution in [-0.2, 0) is 6.42 Å². The molecule has 2 N–H and O–H groups in total. The highest BCUT2D eigenvalue weighted by Gasteiger charge is 2.19. The molecule has 0 aliphatic carbocycles. The first kappa shape index (κ1) is 12.3. The monoisotopic (exact) mass is 232 g/mol. The highest BCUT2D eigenvalue weighted by atomic mass is 15.1. The Labute approximate surface area is 105 Å². The van der Waals surface area contributed by atoms with Crippen LogP contribution in [0.1, 0.15) is 37.8 Å². The zero-order chi connectivity index (χ0) is 12.4. The van der Waals surface area contributed by atoms with Gasteiger partial charge in [0.2, 0.25) is 0 Å². The maximum Gasteiger partial charge on any atom is 0.0420 e. The van der Waals surface area contributed by atoms with Crippen LogP contribution in [0, 0.1) is 12.8 Å². The van der Waals surface area contributed by atoms with Crippen LogP contribution in [0.2, 0.25) is 0 Å². The van der Waals surface area contributed by atoms with Crippen LogP contribution in [-0.4, -0.2) is 13.1 Å². The molecular weight excluding hydrogens is 208 g/mol. The Balaban J connectivity index is 2.03. The number of aryl methyl sites for hydroxylation is 1. The van der Waals surface area contributed by atoms with E-state index in [1.165, 1.54) is 42.6 Å². The van der Waals surface area contributed by atoms with E-state index in [1.54, 1.807) is 0 Å². The number of nitrogens with two attached hydrogens (primary N) is 1. The van der Waals surface area contributed by atoms with E-state index in [0.717, 1.165) is 18.2 Å². The molecule has 2 rings (SSSR count). The summed E-state index contributed by atoms with van der Waals surface area (Å²) in [5.74, 6) is 0.806. The zero-order valence-corrected chi connectivity index (χ0v) is 11.3. The summed E-state index contributed by atoms with van der Waals surface area (Å²) < 4.78 is 0. The van der Waals surface area contributed by atoms with Crippen molar-refractivity contribution in [3.05, 3.63) is 23.3 Å². The molecule has 2 nitrogen and oxygen atoms in total. The molecule has 1 aliphatic rings. The lowest BCUT2D eigenvalue weighted by Crippen LogP contribution is -2.22. The predicted octanol–water partition coefficient (Wildman–Crippen LogP) is 3.38. The summed E-state index contributed by atoms with van der Waals surface area (Å²) in [7, 11) is 0. The largest absolute Gasteiger partial charge is 0.398 e. The summed E-state index contributed by atoms with van der Waals surface area (Å²) in [6, 6.07) is 4.42. The predicted molar refractivity (Wildman–Crippen MR) is 75.6 cm³/mol. The lowest BCUT2D eigenvalue weighted by Gasteiger charge is -2.20. The van der Waals surface area contributed by atoms with Crippen molar-refractivity contribution in [2.75, 3.05) is 23.7 Å². The first-order chi connectivity index (χ1) is 8.08. The van der Waals surface area contributed by atoms with E-state index in [1.807, 2.05) is 0 Å². The van der Waals surface area contributed by atoms with Gasteiger partial charge >= 0.3 is 0 Å². The molecule has 0 atom stereocenters. The lowest BCUT2D eigenvalue weighted by molar-refractivity contribution is 0.552. The van der Waals surface area contributed by atoms with E-state index in [2.05, 4.69) is 37.8 Å². The minimum Gasteiger partial charge on any atom is -0.398 e. The molecule has 1 aliphatic heterocycles. The summed E-state index contributed by atoms with van der Waals surface area (Å²) in [6.45, 7) is 9.01. The summed E-state index contributed by atoms with van der Waals surface area (Å²) in [4.78, 5) is 2.49. The highest BCUT2D eigenvalue weighted by Crippen LogP contribution is 2.32. The molecule has 1 aromatic carbocycles. The van der Waals surface area contributed by atoms with Crippen molar-refractivity contribution < 1.29 is 0 Å². The van der Waals surface area contributed by atoms with E-state index in [0.29, 0.717) is 0 Å². The van der Waals surface area contributed by atoms with Gasteiger partial charge in [0.15, 0.2) is 0 Å². The van der Waals surface area contributed by atoms with Crippen molar-refractivity contribution in [2.45, 2.75) is 40.0 Å². The smallest absolute Gasteiger partial charge is 0.0420 e. The van der Waals surface area contributed by atoms with E-state index in [-0.39, 0.29) is 0 Å². The minimum atomic E-state index is 0.806. The van der Waals surface area contributed by atoms with Crippen molar-refractivity contribution in [2.24, 2.45) is 5.92 Å². The van der Waals surface area contributed by atoms with E-state index < -0.39 is 0 Å². The van der Waals surface area contributed by atoms with E-state index in [9.17, 15) is 0 Å². The van der Waals surface area contributed by atoms with Crippen molar-refractivity contribution >= 4 is 11.4 Å². The van der Waals surface area contributed by atoms with Crippen LogP contribution >= 0.6 is 0 Å². The molecule has 0 saturated heterocycles. The van der Waals surface area contributed by atoms with E-state index in [4.69, 9.17) is 5.73 Å². The third-order valence-electron chi connectivity index (χ3n) is 3.67. The maximum absolute atomic E-state index is 6.01. The second-order valence-electron chi connectivity index (χ2n) is 5.61. The normalized spacial score (nSPS) is 14.5. The molecule has 0 aromatic heterocycles. The van der Waals surface area contributed by atoms with Crippen molar-refractivity contribution in [1.82, 2.24) is 0 Å². The highest BCUT2D eigenvalue weighted by molar-refractivity contribution is 5.67. The summed E-state index contributed by atoms with van der Waals surface area (Å²) in [5, 5.41) is 0. The average molecular weight is 232 g/mol. The summed E-state index contributed by atoms with van der Waals surface area (Å²) in [6.07, 6.45) is 3.77. The molecule has 0 spiro atoms. The van der Waals surface area contributed by atoms with Gasteiger partial charge < -0.3 is 10.6 Å². The maximum atomic E-state index is 6.01. The van der Waals surface area contributed by atoms with Crippen LogP contribution < -0.4 is 10.6 Å². The van der Waals surface area contributed by atoms with Crippen LogP contribution in [0.4, 0.5) is 11.4 Å². The van der Waals surface area contributed by atoms with Gasteiger partial charge in [-0.25, -0.2) is 0 Å². The molecule has 0 saturated carbocycles. The molecule has 17 heavy (non-hydrogen) atoms. The van der Waals surface area contributed by atoms with E-state index >= 15 is 0 Å². The number of rotatable bonds is 4. The van der Waals surface area contributed by atoms with Crippen LogP contribution in [0.5, 0.6) is 0 Å². The van der Waals surface area contributed by atoms with Gasteiger partial charge in [-0.15, -0.1) is 0 Å². The third-order valence-corrected chi connectivity index (χ3v) is 3.67. The second-order valence-corrected chi connectivity index (χ2v) is 5.61. The fourth-order valence-electron chi connectivity index (χ4n) is 2.57. The number of hydrogen-bond acceptors (Lipinski definition) is 2. The number of benzene rings is 1. The molecule has 94 valence electrons. The van der Waals surface area contributed by atoms with Crippen LogP contribution in [0.15, 0.2) is 12.1 Å². The third kappa shape index (κ3) is 2.74. The average Bonchev–Trinajstić information content (AvgIpc) is 2.62. The van der Waals surface area contributed by atoms with Gasteiger partial charge in [-0.2, -0.15) is 0 Å². The van der Waals surface area contributed by atoms with Gasteiger partial charge in [0.25, 0.3) is 0 Å². The number of anilines is 2. The molecule has 0 bridgehead atoms. The Bertz CT molecular complexity index is 396. The lowest BCUT2D eigenvalue weighted by atomic mass is 10.1. The Morgan fingerprint density at radius 1 is 1.35 bits per heavy atom. The first-order valence-electron chi connectivity index (χ1n) is 6.72. The van der Waals surface area contributed by atoms with Gasteiger partial charge in [0, 0.05) is 24.5 Å². The van der Waals surface area contributed by atoms with Gasteiger partial charge in [0.05, 0.1) is 0 Å². The SMILES string of the molecule is Cc1cc2c(cc1N)N(CCCC(C)C)CC2. The molecule has 0 unspecified atom stereocenters. The Morgan fingerprint density at radius 3 is 2.82 bits per heavy atom. The Kier molecular flexibility index (Phi) is 3.60. The van der Waals surface area contributed by atoms with Crippen LogP contribution in [0.25, 0.3) is 0 Å². The van der Waals surface area contributed by atoms with Crippen molar-refractivity contribution in [3.63, 3.8) is 0 Å². The van der Waals surface area contributed by atoms with Gasteiger partial charge in [-0.05, 0) is 49.3 Å². The minimum absolute atomic E-state index is 0.806. The Hall–Kier alpha value is -1.18. The number of nitrogen functional groups attached to an aromatic ring is 1. The number of fused-ring (bicyclic) bond motifs is 1. The fraction of sp³-hybridized carbons (Fsp3) is 0.600. The Morgan fingerprint density at radius 2 is 2.12 bits per heavy atom. The molecule has 0 amide bonds. The molecular formula is C15H24N2. The number of nitrogens with zero attached hydrogens (tertiary/aromatic N) is 1. The molecule has 2 heteroatoms. The second kappa shape index (κ2) is 4.99. The zero-order valence-electron chi connectivity index (χ0n) is 11.3. The van der Waals surface area contributed by atoms with Crippen molar-refractivity contribution in [1.29, 1.82) is 0 Å². The topological polar surface area (TPSA) is 29.3 Å². The molecule has 0 fully saturated rings. The van der Waals surface area contributed by atoms with Crippen molar-refractivity contribution in [3.8, 4) is 0 Å². The fourth-order valence-corrected chi connectivity index (χ4v) is 2.57. The van der Waals surface area contributed by atoms with Crippen LogP contribution in [0.3, 0.4) is 0 Å². The summed E-state index contributed by atoms with van der Waals surface area (Å²) in [5.41, 5.74) is 11.0. The number of hydrogen-bond donors (Lipinski definition) is 1. The standard InChI is InChI=1S/C15H24N2/c1-11(2)5-4-7-17-8-6-13-9-12(3)14(16)10-15(13)17/h9-11H,4-8,16H2,1-3H3. The summed E-state index contributed by atoms with van der Waals surface area (Å²) >= 11 is 0. The van der Waals surface area contributed by atoms with Gasteiger partial charge in [-0.1, -0.05) is 19.9 Å². The molecule has 1 aromatic rings. The van der Waals surface area contributed by atoms with Gasteiger partial charge in [-0.3, -0.25) is 0 Å². The molecule has 1 heterocycles. The molecule has 0 radical (unpaired) electrons. The van der Waals surface area contributed by atoms with Gasteiger partial charge in [0.1, 0.15) is 0 Å².